The van der Waals surface area contributed by atoms with E-state index in [-0.39, 0.29) is 0 Å². The van der Waals surface area contributed by atoms with Gasteiger partial charge in [0, 0.05) is 11.7 Å². The lowest BCUT2D eigenvalue weighted by Crippen LogP contribution is -1.98. The lowest BCUT2D eigenvalue weighted by molar-refractivity contribution is 0.194. The van der Waals surface area contributed by atoms with Gasteiger partial charge >= 0.3 is 0 Å². The quantitative estimate of drug-likeness (QED) is 0.790. The molecule has 1 aromatic heterocycles. The van der Waals surface area contributed by atoms with Crippen LogP contribution < -0.4 is 0 Å². The van der Waals surface area contributed by atoms with Gasteiger partial charge in [-0.15, -0.1) is 0 Å². The largest absolute Gasteiger partial charge is 0.448 e. The van der Waals surface area contributed by atoms with Gasteiger partial charge in [-0.05, 0) is 19.1 Å². The summed E-state index contributed by atoms with van der Waals surface area (Å²) in [7, 11) is 0. The highest BCUT2D eigenvalue weighted by atomic mass is 32.2. The van der Waals surface area contributed by atoms with Gasteiger partial charge in [-0.25, -0.2) is 4.98 Å². The Morgan fingerprint density at radius 2 is 2.62 bits per heavy atom. The van der Waals surface area contributed by atoms with Crippen LogP contribution in [0.3, 0.4) is 0 Å². The fourth-order valence-electron chi connectivity index (χ4n) is 1.41. The number of aliphatic hydroxyl groups is 1. The lowest BCUT2D eigenvalue weighted by atomic mass is 10.1. The Balaban J connectivity index is 2.12. The van der Waals surface area contributed by atoms with E-state index in [1.165, 1.54) is 5.75 Å². The van der Waals surface area contributed by atoms with Gasteiger partial charge in [-0.1, -0.05) is 0 Å². The molecule has 1 N–H and O–H groups in total. The minimum atomic E-state index is -0.522. The van der Waals surface area contributed by atoms with E-state index in [1.54, 1.807) is 13.2 Å². The van der Waals surface area contributed by atoms with Crippen LogP contribution in [0.1, 0.15) is 37.0 Å². The molecule has 0 bridgehead atoms. The van der Waals surface area contributed by atoms with Gasteiger partial charge in [0.15, 0.2) is 5.89 Å². The second-order valence-electron chi connectivity index (χ2n) is 3.35. The Kier molecular flexibility index (Phi) is 2.60. The van der Waals surface area contributed by atoms with Crippen LogP contribution in [-0.2, 0) is 0 Å². The number of aliphatic hydroxyl groups excluding tert-OH is 1. The molecular formula is C9H13NO2S. The third-order valence-corrected chi connectivity index (χ3v) is 3.41. The van der Waals surface area contributed by atoms with Crippen molar-refractivity contribution in [1.29, 1.82) is 0 Å². The average Bonchev–Trinajstić information content (AvgIpc) is 2.75. The number of nitrogens with zero attached hydrogens (tertiary/aromatic N) is 1. The fraction of sp³-hybridized carbons (Fsp3) is 0.667. The van der Waals surface area contributed by atoms with Gasteiger partial charge < -0.3 is 9.52 Å². The fourth-order valence-corrected chi connectivity index (χ4v) is 2.62. The van der Waals surface area contributed by atoms with Crippen LogP contribution in [0.4, 0.5) is 0 Å². The minimum Gasteiger partial charge on any atom is -0.448 e. The molecule has 1 saturated heterocycles. The van der Waals surface area contributed by atoms with Crippen molar-refractivity contribution in [2.45, 2.75) is 25.4 Å². The molecule has 1 aromatic rings. The third-order valence-electron chi connectivity index (χ3n) is 2.25. The van der Waals surface area contributed by atoms with Crippen molar-refractivity contribution < 1.29 is 9.52 Å². The molecule has 1 aliphatic heterocycles. The van der Waals surface area contributed by atoms with Crippen molar-refractivity contribution in [3.8, 4) is 0 Å². The van der Waals surface area contributed by atoms with Gasteiger partial charge in [0.25, 0.3) is 0 Å². The SMILES string of the molecule is CC(O)c1coc(C2CCSC2)n1. The van der Waals surface area contributed by atoms with Gasteiger partial charge in [0.1, 0.15) is 12.0 Å². The summed E-state index contributed by atoms with van der Waals surface area (Å²) < 4.78 is 5.33. The van der Waals surface area contributed by atoms with Crippen LogP contribution >= 0.6 is 11.8 Å². The van der Waals surface area contributed by atoms with E-state index in [1.807, 2.05) is 11.8 Å². The number of rotatable bonds is 2. The Morgan fingerprint density at radius 3 is 3.15 bits per heavy atom. The molecule has 0 saturated carbocycles. The van der Waals surface area contributed by atoms with Crippen LogP contribution in [0.5, 0.6) is 0 Å². The van der Waals surface area contributed by atoms with Crippen LogP contribution in [0.25, 0.3) is 0 Å². The van der Waals surface area contributed by atoms with Crippen LogP contribution in [-0.4, -0.2) is 21.6 Å². The summed E-state index contributed by atoms with van der Waals surface area (Å²) in [5.41, 5.74) is 0.645. The standard InChI is InChI=1S/C9H13NO2S/c1-6(11)8-4-12-9(10-8)7-2-3-13-5-7/h4,6-7,11H,2-3,5H2,1H3. The number of oxazole rings is 1. The van der Waals surface area contributed by atoms with Gasteiger partial charge in [0.2, 0.25) is 0 Å². The maximum absolute atomic E-state index is 9.25. The van der Waals surface area contributed by atoms with Gasteiger partial charge in [-0.3, -0.25) is 0 Å². The van der Waals surface area contributed by atoms with Crippen molar-refractivity contribution in [2.75, 3.05) is 11.5 Å². The van der Waals surface area contributed by atoms with E-state index >= 15 is 0 Å². The highest BCUT2D eigenvalue weighted by Crippen LogP contribution is 2.32. The maximum Gasteiger partial charge on any atom is 0.198 e. The molecule has 1 aliphatic rings. The predicted octanol–water partition coefficient (Wildman–Crippen LogP) is 1.95. The molecule has 2 heterocycles. The molecule has 2 unspecified atom stereocenters. The van der Waals surface area contributed by atoms with E-state index in [9.17, 15) is 5.11 Å². The van der Waals surface area contributed by atoms with Crippen molar-refractivity contribution in [1.82, 2.24) is 4.98 Å². The van der Waals surface area contributed by atoms with E-state index in [0.717, 1.165) is 18.1 Å². The Morgan fingerprint density at radius 1 is 1.77 bits per heavy atom. The first-order valence-corrected chi connectivity index (χ1v) is 5.64. The average molecular weight is 199 g/mol. The molecule has 0 spiro atoms. The summed E-state index contributed by atoms with van der Waals surface area (Å²) in [4.78, 5) is 4.26. The highest BCUT2D eigenvalue weighted by molar-refractivity contribution is 7.99. The zero-order valence-electron chi connectivity index (χ0n) is 7.56. The number of aromatic nitrogens is 1. The summed E-state index contributed by atoms with van der Waals surface area (Å²) in [6, 6.07) is 0. The molecule has 0 aromatic carbocycles. The summed E-state index contributed by atoms with van der Waals surface area (Å²) >= 11 is 1.93. The minimum absolute atomic E-state index is 0.456. The van der Waals surface area contributed by atoms with E-state index < -0.39 is 6.10 Å². The zero-order chi connectivity index (χ0) is 9.26. The maximum atomic E-state index is 9.25. The van der Waals surface area contributed by atoms with Crippen molar-refractivity contribution in [3.63, 3.8) is 0 Å². The first kappa shape index (κ1) is 9.09. The number of thioether (sulfide) groups is 1. The van der Waals surface area contributed by atoms with Gasteiger partial charge in [0.05, 0.1) is 6.10 Å². The first-order chi connectivity index (χ1) is 6.27. The van der Waals surface area contributed by atoms with E-state index in [2.05, 4.69) is 4.98 Å². The molecule has 2 atom stereocenters. The lowest BCUT2D eigenvalue weighted by Gasteiger charge is -2.00. The second kappa shape index (κ2) is 3.72. The Hall–Kier alpha value is -0.480. The number of hydrogen-bond donors (Lipinski definition) is 1. The summed E-state index contributed by atoms with van der Waals surface area (Å²) in [5, 5.41) is 9.25. The van der Waals surface area contributed by atoms with E-state index in [4.69, 9.17) is 4.42 Å². The van der Waals surface area contributed by atoms with E-state index in [0.29, 0.717) is 11.6 Å². The normalized spacial score (nSPS) is 24.9. The molecule has 1 fully saturated rings. The highest BCUT2D eigenvalue weighted by Gasteiger charge is 2.22. The molecule has 13 heavy (non-hydrogen) atoms. The van der Waals surface area contributed by atoms with Gasteiger partial charge in [-0.2, -0.15) is 11.8 Å². The molecule has 2 rings (SSSR count). The molecule has 0 radical (unpaired) electrons. The molecule has 4 heteroatoms. The van der Waals surface area contributed by atoms with Crippen LogP contribution in [0.15, 0.2) is 10.7 Å². The molecule has 0 amide bonds. The Bertz CT molecular complexity index is 279. The summed E-state index contributed by atoms with van der Waals surface area (Å²) in [6.45, 7) is 1.70. The third kappa shape index (κ3) is 1.89. The molecular weight excluding hydrogens is 186 g/mol. The van der Waals surface area contributed by atoms with Crippen molar-refractivity contribution in [2.24, 2.45) is 0 Å². The molecule has 72 valence electrons. The zero-order valence-corrected chi connectivity index (χ0v) is 8.38. The summed E-state index contributed by atoms with van der Waals surface area (Å²) in [6.07, 6.45) is 2.18. The van der Waals surface area contributed by atoms with Crippen LogP contribution in [0.2, 0.25) is 0 Å². The Labute approximate surface area is 81.5 Å². The summed E-state index contributed by atoms with van der Waals surface area (Å²) in [5.74, 6) is 3.54. The van der Waals surface area contributed by atoms with Crippen LogP contribution in [0, 0.1) is 0 Å². The second-order valence-corrected chi connectivity index (χ2v) is 4.50. The molecule has 0 aliphatic carbocycles. The monoisotopic (exact) mass is 199 g/mol. The van der Waals surface area contributed by atoms with Crippen molar-refractivity contribution in [3.05, 3.63) is 17.8 Å². The smallest absolute Gasteiger partial charge is 0.198 e. The number of hydrogen-bond acceptors (Lipinski definition) is 4. The first-order valence-electron chi connectivity index (χ1n) is 4.48. The molecule has 3 nitrogen and oxygen atoms in total. The topological polar surface area (TPSA) is 46.3 Å². The predicted molar refractivity (Wildman–Crippen MR) is 51.8 cm³/mol. The van der Waals surface area contributed by atoms with Crippen molar-refractivity contribution >= 4 is 11.8 Å².